The number of hydrogen-bond donors (Lipinski definition) is 2. The number of Topliss-reactive ketones (excluding diaryl/α,β-unsaturated/α-hetero) is 1. The Bertz CT molecular complexity index is 886. The maximum atomic E-state index is 12.4. The fraction of sp³-hybridized carbons (Fsp3) is 0.0909. The number of nitrogens with two attached hydrogens (primary N) is 1. The van der Waals surface area contributed by atoms with Gasteiger partial charge >= 0.3 is 0 Å². The molecule has 0 spiro atoms. The van der Waals surface area contributed by atoms with Gasteiger partial charge in [0.05, 0.1) is 0 Å². The number of amidine groups is 1. The summed E-state index contributed by atoms with van der Waals surface area (Å²) in [5.74, 6) is 1.60. The summed E-state index contributed by atoms with van der Waals surface area (Å²) < 4.78 is 5.73. The van der Waals surface area contributed by atoms with Crippen molar-refractivity contribution in [3.8, 4) is 11.5 Å². The number of ether oxygens (including phenoxy) is 1. The summed E-state index contributed by atoms with van der Waals surface area (Å²) in [6.45, 7) is 0. The number of benzene rings is 3. The van der Waals surface area contributed by atoms with Crippen LogP contribution in [0, 0.1) is 5.41 Å². The minimum Gasteiger partial charge on any atom is -0.457 e. The lowest BCUT2D eigenvalue weighted by Crippen LogP contribution is -2.10. The van der Waals surface area contributed by atoms with Crippen molar-refractivity contribution in [1.29, 1.82) is 5.41 Å². The van der Waals surface area contributed by atoms with E-state index in [1.807, 2.05) is 54.6 Å². The number of hydrogen-bond acceptors (Lipinski definition) is 3. The quantitative estimate of drug-likeness (QED) is 0.374. The summed E-state index contributed by atoms with van der Waals surface area (Å²) in [7, 11) is 0. The number of carbonyl (C=O) groups excluding carboxylic acids is 1. The molecule has 0 amide bonds. The lowest BCUT2D eigenvalue weighted by molar-refractivity contribution is 0.0983. The Morgan fingerprint density at radius 3 is 2.00 bits per heavy atom. The normalized spacial score (nSPS) is 10.3. The Morgan fingerprint density at radius 1 is 0.808 bits per heavy atom. The lowest BCUT2D eigenvalue weighted by Gasteiger charge is -2.07. The number of rotatable bonds is 7. The van der Waals surface area contributed by atoms with Gasteiger partial charge in [0.1, 0.15) is 17.3 Å². The molecule has 4 nitrogen and oxygen atoms in total. The third-order valence-corrected chi connectivity index (χ3v) is 4.06. The number of aryl methyl sites for hydroxylation is 1. The van der Waals surface area contributed by atoms with Crippen LogP contribution in [0.4, 0.5) is 0 Å². The molecule has 3 N–H and O–H groups in total. The van der Waals surface area contributed by atoms with Gasteiger partial charge in [-0.1, -0.05) is 42.5 Å². The molecule has 4 heteroatoms. The van der Waals surface area contributed by atoms with E-state index < -0.39 is 0 Å². The van der Waals surface area contributed by atoms with E-state index in [0.29, 0.717) is 29.7 Å². The Morgan fingerprint density at radius 2 is 1.38 bits per heavy atom. The van der Waals surface area contributed by atoms with Gasteiger partial charge in [0.25, 0.3) is 0 Å². The Labute approximate surface area is 152 Å². The van der Waals surface area contributed by atoms with Gasteiger partial charge in [-0.15, -0.1) is 0 Å². The number of para-hydroxylation sites is 1. The van der Waals surface area contributed by atoms with E-state index >= 15 is 0 Å². The van der Waals surface area contributed by atoms with Crippen molar-refractivity contribution < 1.29 is 9.53 Å². The van der Waals surface area contributed by atoms with E-state index in [2.05, 4.69) is 0 Å². The van der Waals surface area contributed by atoms with Crippen molar-refractivity contribution in [3.05, 3.63) is 95.6 Å². The SMILES string of the molecule is N=C(N)c1ccc(CCC(=O)c2ccc(Oc3ccccc3)cc2)cc1. The van der Waals surface area contributed by atoms with Crippen LogP contribution < -0.4 is 10.5 Å². The Balaban J connectivity index is 1.57. The standard InChI is InChI=1S/C22H20N2O2/c23-22(24)18-9-6-16(7-10-18)8-15-21(25)17-11-13-20(14-12-17)26-19-4-2-1-3-5-19/h1-7,9-14H,8,15H2,(H3,23,24). The highest BCUT2D eigenvalue weighted by Gasteiger charge is 2.07. The van der Waals surface area contributed by atoms with Crippen molar-refractivity contribution in [3.63, 3.8) is 0 Å². The molecule has 3 rings (SSSR count). The van der Waals surface area contributed by atoms with Crippen molar-refractivity contribution in [2.24, 2.45) is 5.73 Å². The van der Waals surface area contributed by atoms with E-state index in [4.69, 9.17) is 15.9 Å². The highest BCUT2D eigenvalue weighted by molar-refractivity contribution is 5.96. The third kappa shape index (κ3) is 4.57. The number of ketones is 1. The topological polar surface area (TPSA) is 76.2 Å². The summed E-state index contributed by atoms with van der Waals surface area (Å²) in [6, 6.07) is 24.1. The van der Waals surface area contributed by atoms with Crippen LogP contribution in [0.25, 0.3) is 0 Å². The zero-order chi connectivity index (χ0) is 18.4. The molecule has 0 saturated heterocycles. The summed E-state index contributed by atoms with van der Waals surface area (Å²) in [6.07, 6.45) is 1.08. The van der Waals surface area contributed by atoms with E-state index in [1.54, 1.807) is 24.3 Å². The summed E-state index contributed by atoms with van der Waals surface area (Å²) in [5.41, 5.74) is 7.85. The molecular formula is C22H20N2O2. The monoisotopic (exact) mass is 344 g/mol. The Kier molecular flexibility index (Phi) is 5.44. The molecule has 0 aliphatic carbocycles. The smallest absolute Gasteiger partial charge is 0.163 e. The molecule has 0 bridgehead atoms. The fourth-order valence-corrected chi connectivity index (χ4v) is 2.59. The van der Waals surface area contributed by atoms with Crippen LogP contribution in [0.15, 0.2) is 78.9 Å². The van der Waals surface area contributed by atoms with E-state index in [-0.39, 0.29) is 11.6 Å². The van der Waals surface area contributed by atoms with Crippen molar-refractivity contribution in [2.45, 2.75) is 12.8 Å². The second kappa shape index (κ2) is 8.12. The lowest BCUT2D eigenvalue weighted by atomic mass is 10.0. The molecule has 0 heterocycles. The molecule has 26 heavy (non-hydrogen) atoms. The largest absolute Gasteiger partial charge is 0.457 e. The van der Waals surface area contributed by atoms with E-state index in [9.17, 15) is 4.79 Å². The molecule has 3 aromatic rings. The van der Waals surface area contributed by atoms with Gasteiger partial charge in [-0.05, 0) is 48.4 Å². The second-order valence-electron chi connectivity index (χ2n) is 5.97. The highest BCUT2D eigenvalue weighted by atomic mass is 16.5. The van der Waals surface area contributed by atoms with Crippen molar-refractivity contribution >= 4 is 11.6 Å². The van der Waals surface area contributed by atoms with Gasteiger partial charge in [0.2, 0.25) is 0 Å². The maximum Gasteiger partial charge on any atom is 0.163 e. The molecular weight excluding hydrogens is 324 g/mol. The van der Waals surface area contributed by atoms with Gasteiger partial charge in [-0.3, -0.25) is 10.2 Å². The van der Waals surface area contributed by atoms with Crippen LogP contribution in [0.2, 0.25) is 0 Å². The average molecular weight is 344 g/mol. The molecule has 0 fully saturated rings. The minimum atomic E-state index is 0.0467. The molecule has 130 valence electrons. The van der Waals surface area contributed by atoms with Gasteiger partial charge < -0.3 is 10.5 Å². The molecule has 0 atom stereocenters. The summed E-state index contributed by atoms with van der Waals surface area (Å²) in [4.78, 5) is 12.4. The molecule has 0 saturated carbocycles. The van der Waals surface area contributed by atoms with Crippen LogP contribution in [0.5, 0.6) is 11.5 Å². The first-order chi connectivity index (χ1) is 12.6. The number of carbonyl (C=O) groups is 1. The number of nitrogens with one attached hydrogen (secondary N) is 1. The first-order valence-electron chi connectivity index (χ1n) is 8.41. The van der Waals surface area contributed by atoms with Crippen LogP contribution in [0.1, 0.15) is 27.9 Å². The average Bonchev–Trinajstić information content (AvgIpc) is 2.68. The fourth-order valence-electron chi connectivity index (χ4n) is 2.59. The molecule has 3 aromatic carbocycles. The zero-order valence-electron chi connectivity index (χ0n) is 14.3. The van der Waals surface area contributed by atoms with Crippen molar-refractivity contribution in [2.75, 3.05) is 0 Å². The summed E-state index contributed by atoms with van der Waals surface area (Å²) in [5, 5.41) is 7.39. The molecule has 0 unspecified atom stereocenters. The first kappa shape index (κ1) is 17.4. The second-order valence-corrected chi connectivity index (χ2v) is 5.97. The maximum absolute atomic E-state index is 12.4. The van der Waals surface area contributed by atoms with Crippen LogP contribution in [0.3, 0.4) is 0 Å². The molecule has 0 aromatic heterocycles. The van der Waals surface area contributed by atoms with Crippen LogP contribution in [-0.2, 0) is 6.42 Å². The zero-order valence-corrected chi connectivity index (χ0v) is 14.3. The van der Waals surface area contributed by atoms with Gasteiger partial charge in [-0.25, -0.2) is 0 Å². The first-order valence-corrected chi connectivity index (χ1v) is 8.41. The minimum absolute atomic E-state index is 0.0467. The van der Waals surface area contributed by atoms with Crippen LogP contribution in [-0.4, -0.2) is 11.6 Å². The summed E-state index contributed by atoms with van der Waals surface area (Å²) >= 11 is 0. The van der Waals surface area contributed by atoms with Crippen molar-refractivity contribution in [1.82, 2.24) is 0 Å². The molecule has 0 aliphatic heterocycles. The van der Waals surface area contributed by atoms with E-state index in [1.165, 1.54) is 0 Å². The van der Waals surface area contributed by atoms with Gasteiger partial charge in [-0.2, -0.15) is 0 Å². The number of nitrogen functional groups attached to an aromatic ring is 1. The predicted octanol–water partition coefficient (Wildman–Crippen LogP) is 4.58. The predicted molar refractivity (Wildman–Crippen MR) is 103 cm³/mol. The van der Waals surface area contributed by atoms with Gasteiger partial charge in [0, 0.05) is 17.5 Å². The Hall–Kier alpha value is -3.40. The molecule has 0 aliphatic rings. The van der Waals surface area contributed by atoms with Crippen LogP contribution >= 0.6 is 0 Å². The van der Waals surface area contributed by atoms with Gasteiger partial charge in [0.15, 0.2) is 5.78 Å². The third-order valence-electron chi connectivity index (χ3n) is 4.06. The molecule has 0 radical (unpaired) electrons. The highest BCUT2D eigenvalue weighted by Crippen LogP contribution is 2.21. The van der Waals surface area contributed by atoms with E-state index in [0.717, 1.165) is 11.3 Å².